The van der Waals surface area contributed by atoms with Crippen LogP contribution in [0.15, 0.2) is 6.20 Å². The lowest BCUT2D eigenvalue weighted by Gasteiger charge is -2.32. The van der Waals surface area contributed by atoms with Crippen molar-refractivity contribution in [1.82, 2.24) is 20.0 Å². The fourth-order valence-electron chi connectivity index (χ4n) is 3.10. The number of amides is 1. The molecule has 0 radical (unpaired) electrons. The van der Waals surface area contributed by atoms with Gasteiger partial charge in [0, 0.05) is 24.7 Å². The summed E-state index contributed by atoms with van der Waals surface area (Å²) in [6.45, 7) is 19.6. The van der Waals surface area contributed by atoms with Crippen molar-refractivity contribution < 1.29 is 28.4 Å². The summed E-state index contributed by atoms with van der Waals surface area (Å²) in [6, 6.07) is 0. The van der Waals surface area contributed by atoms with Crippen molar-refractivity contribution in [3.05, 3.63) is 11.9 Å². The summed E-state index contributed by atoms with van der Waals surface area (Å²) >= 11 is 0. The molecule has 192 valence electrons. The first-order chi connectivity index (χ1) is 15.4. The average Bonchev–Trinajstić information content (AvgIpc) is 3.13. The largest absolute Gasteiger partial charge is 0.498 e. The van der Waals surface area contributed by atoms with Crippen molar-refractivity contribution in [3.63, 3.8) is 0 Å². The first-order valence-electron chi connectivity index (χ1n) is 11.7. The van der Waals surface area contributed by atoms with Gasteiger partial charge in [-0.15, -0.1) is 0 Å². The van der Waals surface area contributed by atoms with E-state index in [-0.39, 0.29) is 6.54 Å². The fraction of sp³-hybridized carbons (Fsp3) is 0.783. The van der Waals surface area contributed by atoms with Crippen molar-refractivity contribution in [1.29, 1.82) is 0 Å². The van der Waals surface area contributed by atoms with Crippen molar-refractivity contribution in [3.8, 4) is 0 Å². The first kappa shape index (κ1) is 28.1. The van der Waals surface area contributed by atoms with Crippen LogP contribution in [0.1, 0.15) is 74.9 Å². The van der Waals surface area contributed by atoms with Crippen molar-refractivity contribution in [2.75, 3.05) is 20.1 Å². The molecule has 1 aliphatic rings. The van der Waals surface area contributed by atoms with Gasteiger partial charge in [0.05, 0.1) is 23.4 Å². The second-order valence-electron chi connectivity index (χ2n) is 11.5. The van der Waals surface area contributed by atoms with Crippen LogP contribution < -0.4 is 10.8 Å². The Kier molecular flexibility index (Phi) is 8.17. The van der Waals surface area contributed by atoms with Crippen LogP contribution in [0.4, 0.5) is 9.59 Å². The van der Waals surface area contributed by atoms with Gasteiger partial charge in [-0.05, 0) is 76.3 Å². The molecule has 1 saturated heterocycles. The third kappa shape index (κ3) is 7.20. The lowest BCUT2D eigenvalue weighted by molar-refractivity contribution is 0.00578. The summed E-state index contributed by atoms with van der Waals surface area (Å²) in [4.78, 5) is 27.2. The van der Waals surface area contributed by atoms with Crippen molar-refractivity contribution >= 4 is 24.8 Å². The molecule has 0 atom stereocenters. The van der Waals surface area contributed by atoms with E-state index in [1.54, 1.807) is 34.0 Å². The highest BCUT2D eigenvalue weighted by atomic mass is 16.7. The molecule has 0 aliphatic carbocycles. The van der Waals surface area contributed by atoms with Gasteiger partial charge in [0.25, 0.3) is 0 Å². The minimum absolute atomic E-state index is 0.103. The number of carbonyl (C=O) groups excluding carboxylic acids is 2. The molecule has 0 aromatic carbocycles. The van der Waals surface area contributed by atoms with E-state index in [1.165, 1.54) is 4.90 Å². The van der Waals surface area contributed by atoms with E-state index < -0.39 is 41.7 Å². The number of hydrogen-bond acceptors (Lipinski definition) is 8. The molecule has 0 unspecified atom stereocenters. The molecule has 2 rings (SSSR count). The smallest absolute Gasteiger partial charge is 0.444 e. The van der Waals surface area contributed by atoms with E-state index in [0.717, 1.165) is 4.68 Å². The highest BCUT2D eigenvalue weighted by Gasteiger charge is 2.53. The molecule has 1 aromatic heterocycles. The predicted molar refractivity (Wildman–Crippen MR) is 130 cm³/mol. The van der Waals surface area contributed by atoms with Crippen LogP contribution in [0.3, 0.4) is 0 Å². The van der Waals surface area contributed by atoms with E-state index >= 15 is 0 Å². The highest BCUT2D eigenvalue weighted by Crippen LogP contribution is 2.36. The van der Waals surface area contributed by atoms with E-state index in [9.17, 15) is 9.59 Å². The minimum atomic E-state index is -0.763. The SMILES string of the molecule is CNCCN(Cc1nn(C(=O)OC(C)(C)C)cc1B1OC(C)(C)C(C)(C)O1)C(=O)OC(C)(C)C. The number of rotatable bonds is 6. The van der Waals surface area contributed by atoms with Gasteiger partial charge in [-0.2, -0.15) is 9.78 Å². The second-order valence-corrected chi connectivity index (χ2v) is 11.5. The Bertz CT molecular complexity index is 869. The number of nitrogens with zero attached hydrogens (tertiary/aromatic N) is 3. The first-order valence-corrected chi connectivity index (χ1v) is 11.7. The van der Waals surface area contributed by atoms with E-state index in [0.29, 0.717) is 24.2 Å². The Labute approximate surface area is 203 Å². The average molecular weight is 480 g/mol. The number of carbonyl (C=O) groups is 2. The molecule has 10 nitrogen and oxygen atoms in total. The summed E-state index contributed by atoms with van der Waals surface area (Å²) < 4.78 is 24.6. The summed E-state index contributed by atoms with van der Waals surface area (Å²) in [5.74, 6) is 0. The molecule has 1 aromatic rings. The van der Waals surface area contributed by atoms with Gasteiger partial charge < -0.3 is 29.0 Å². The zero-order valence-electron chi connectivity index (χ0n) is 22.6. The predicted octanol–water partition coefficient (Wildman–Crippen LogP) is 2.92. The number of nitrogens with one attached hydrogen (secondary N) is 1. The van der Waals surface area contributed by atoms with Gasteiger partial charge in [-0.25, -0.2) is 9.59 Å². The van der Waals surface area contributed by atoms with Gasteiger partial charge in [-0.1, -0.05) is 0 Å². The molecule has 11 heteroatoms. The van der Waals surface area contributed by atoms with Crippen LogP contribution in [0.5, 0.6) is 0 Å². The quantitative estimate of drug-likeness (QED) is 0.620. The molecule has 1 amide bonds. The normalized spacial score (nSPS) is 17.6. The van der Waals surface area contributed by atoms with E-state index in [2.05, 4.69) is 10.4 Å². The van der Waals surface area contributed by atoms with Crippen LogP contribution in [-0.2, 0) is 25.3 Å². The van der Waals surface area contributed by atoms with Crippen LogP contribution in [0, 0.1) is 0 Å². The number of aromatic nitrogens is 2. The third-order valence-corrected chi connectivity index (χ3v) is 5.53. The lowest BCUT2D eigenvalue weighted by atomic mass is 9.79. The van der Waals surface area contributed by atoms with Crippen molar-refractivity contribution in [2.45, 2.75) is 98.2 Å². The van der Waals surface area contributed by atoms with E-state index in [1.807, 2.05) is 48.5 Å². The molecule has 2 heterocycles. The van der Waals surface area contributed by atoms with Crippen LogP contribution >= 0.6 is 0 Å². The molecular formula is C23H41BN4O6. The maximum atomic E-state index is 12.9. The fourth-order valence-corrected chi connectivity index (χ4v) is 3.10. The zero-order chi connectivity index (χ0) is 26.1. The molecular weight excluding hydrogens is 439 g/mol. The van der Waals surface area contributed by atoms with Gasteiger partial charge >= 0.3 is 19.3 Å². The topological polar surface area (TPSA) is 104 Å². The van der Waals surface area contributed by atoms with Gasteiger partial charge in [-0.3, -0.25) is 0 Å². The Hall–Kier alpha value is -2.11. The lowest BCUT2D eigenvalue weighted by Crippen LogP contribution is -2.42. The van der Waals surface area contributed by atoms with Gasteiger partial charge in [0.2, 0.25) is 0 Å². The molecule has 34 heavy (non-hydrogen) atoms. The van der Waals surface area contributed by atoms with Gasteiger partial charge in [0.15, 0.2) is 0 Å². The summed E-state index contributed by atoms with van der Waals surface area (Å²) in [6.07, 6.45) is 0.446. The molecule has 0 saturated carbocycles. The number of hydrogen-bond donors (Lipinski definition) is 1. The number of likely N-dealkylation sites (N-methyl/N-ethyl adjacent to an activating group) is 1. The standard InChI is InChI=1S/C23H41BN4O6/c1-20(2,3)31-18(29)27(13-12-25-11)15-17-16(24-33-22(7,8)23(9,10)34-24)14-28(26-17)19(30)32-21(4,5)6/h14,25H,12-13,15H2,1-11H3. The second kappa shape index (κ2) is 9.87. The Morgan fingerprint density at radius 1 is 1.06 bits per heavy atom. The zero-order valence-corrected chi connectivity index (χ0v) is 22.6. The summed E-state index contributed by atoms with van der Waals surface area (Å²) in [7, 11) is 1.04. The molecule has 1 N–H and O–H groups in total. The van der Waals surface area contributed by atoms with Gasteiger partial charge in [0.1, 0.15) is 11.2 Å². The molecule has 0 spiro atoms. The molecule has 1 fully saturated rings. The van der Waals surface area contributed by atoms with Crippen molar-refractivity contribution in [2.24, 2.45) is 0 Å². The minimum Gasteiger partial charge on any atom is -0.444 e. The van der Waals surface area contributed by atoms with Crippen LogP contribution in [0.2, 0.25) is 0 Å². The van der Waals surface area contributed by atoms with Crippen LogP contribution in [-0.4, -0.2) is 76.5 Å². The highest BCUT2D eigenvalue weighted by molar-refractivity contribution is 6.62. The number of ether oxygens (including phenoxy) is 2. The monoisotopic (exact) mass is 480 g/mol. The van der Waals surface area contributed by atoms with E-state index in [4.69, 9.17) is 18.8 Å². The Morgan fingerprint density at radius 2 is 1.59 bits per heavy atom. The summed E-state index contributed by atoms with van der Waals surface area (Å²) in [5.41, 5.74) is -1.49. The maximum absolute atomic E-state index is 12.9. The summed E-state index contributed by atoms with van der Waals surface area (Å²) in [5, 5.41) is 7.52. The Balaban J connectivity index is 2.44. The Morgan fingerprint density at radius 3 is 2.06 bits per heavy atom. The third-order valence-electron chi connectivity index (χ3n) is 5.53. The molecule has 1 aliphatic heterocycles. The molecule has 0 bridgehead atoms. The maximum Gasteiger partial charge on any atom is 0.498 e. The van der Waals surface area contributed by atoms with Crippen LogP contribution in [0.25, 0.3) is 0 Å².